The summed E-state index contributed by atoms with van der Waals surface area (Å²) < 4.78 is 5.46. The number of carboxylic acids is 1. The number of hydrogen-bond acceptors (Lipinski definition) is 5. The lowest BCUT2D eigenvalue weighted by Gasteiger charge is -2.44. The van der Waals surface area contributed by atoms with E-state index in [1.165, 1.54) is 0 Å². The number of hydrogen-bond donors (Lipinski definition) is 2. The molecule has 1 aliphatic rings. The summed E-state index contributed by atoms with van der Waals surface area (Å²) in [5.74, 6) is -1.10. The summed E-state index contributed by atoms with van der Waals surface area (Å²) in [6, 6.07) is 19.5. The molecule has 2 N–H and O–H groups in total. The summed E-state index contributed by atoms with van der Waals surface area (Å²) in [6.07, 6.45) is 0.614. The van der Waals surface area contributed by atoms with Crippen LogP contribution >= 0.6 is 11.6 Å². The highest BCUT2D eigenvalue weighted by Crippen LogP contribution is 2.23. The van der Waals surface area contributed by atoms with Crippen molar-refractivity contribution >= 4 is 40.3 Å². The van der Waals surface area contributed by atoms with Gasteiger partial charge in [0.2, 0.25) is 5.91 Å². The van der Waals surface area contributed by atoms with E-state index in [0.717, 1.165) is 21.9 Å². The summed E-state index contributed by atoms with van der Waals surface area (Å²) in [5, 5.41) is 15.8. The predicted molar refractivity (Wildman–Crippen MR) is 165 cm³/mol. The summed E-state index contributed by atoms with van der Waals surface area (Å²) in [7, 11) is 0. The maximum absolute atomic E-state index is 14.0. The van der Waals surface area contributed by atoms with Crippen LogP contribution in [0.1, 0.15) is 45.2 Å². The lowest BCUT2D eigenvalue weighted by Crippen LogP contribution is -2.62. The molecule has 3 aromatic rings. The van der Waals surface area contributed by atoms with Crippen LogP contribution in [0.5, 0.6) is 0 Å². The van der Waals surface area contributed by atoms with Gasteiger partial charge >= 0.3 is 12.1 Å². The quantitative estimate of drug-likeness (QED) is 0.338. The SMILES string of the molecule is CC[C@H]1CN([C@@H](Cc2ccc3ccccc3c2)C(=O)O)CCN1C(=O)[C@@H](Cc1ccc(Cl)cc1)NC(=O)OC(C)(C)C. The number of nitrogens with zero attached hydrogens (tertiary/aromatic N) is 2. The average Bonchev–Trinajstić information content (AvgIpc) is 2.94. The Morgan fingerprint density at radius 3 is 2.29 bits per heavy atom. The Morgan fingerprint density at radius 1 is 0.976 bits per heavy atom. The van der Waals surface area contributed by atoms with Crippen molar-refractivity contribution in [2.45, 2.75) is 70.7 Å². The van der Waals surface area contributed by atoms with Crippen molar-refractivity contribution in [2.75, 3.05) is 19.6 Å². The van der Waals surface area contributed by atoms with Crippen LogP contribution in [0, 0.1) is 0 Å². The Bertz CT molecular complexity index is 1400. The molecule has 0 saturated carbocycles. The van der Waals surface area contributed by atoms with Crippen molar-refractivity contribution in [1.29, 1.82) is 0 Å². The van der Waals surface area contributed by atoms with Crippen molar-refractivity contribution in [3.05, 3.63) is 82.9 Å². The number of piperazine rings is 1. The van der Waals surface area contributed by atoms with Crippen LogP contribution in [0.4, 0.5) is 4.79 Å². The monoisotopic (exact) mass is 593 g/mol. The third-order valence-electron chi connectivity index (χ3n) is 7.58. The average molecular weight is 594 g/mol. The number of carbonyl (C=O) groups is 3. The Kier molecular flexibility index (Phi) is 10.1. The van der Waals surface area contributed by atoms with Crippen LogP contribution in [0.3, 0.4) is 0 Å². The molecule has 8 nitrogen and oxygen atoms in total. The Labute approximate surface area is 252 Å². The molecule has 1 fully saturated rings. The van der Waals surface area contributed by atoms with Crippen molar-refractivity contribution < 1.29 is 24.2 Å². The van der Waals surface area contributed by atoms with E-state index in [4.69, 9.17) is 16.3 Å². The number of carbonyl (C=O) groups excluding carboxylic acids is 2. The fraction of sp³-hybridized carbons (Fsp3) is 0.424. The zero-order chi connectivity index (χ0) is 30.4. The molecule has 0 aromatic heterocycles. The first-order chi connectivity index (χ1) is 19.9. The smallest absolute Gasteiger partial charge is 0.408 e. The van der Waals surface area contributed by atoms with Crippen LogP contribution < -0.4 is 5.32 Å². The number of amides is 2. The number of carboxylic acid groups (broad SMARTS) is 1. The molecule has 1 aliphatic heterocycles. The fourth-order valence-corrected chi connectivity index (χ4v) is 5.60. The topological polar surface area (TPSA) is 99.2 Å². The van der Waals surface area contributed by atoms with E-state index in [1.807, 2.05) is 66.4 Å². The summed E-state index contributed by atoms with van der Waals surface area (Å²) in [6.45, 7) is 8.48. The Hall–Kier alpha value is -3.62. The molecule has 9 heteroatoms. The predicted octanol–water partition coefficient (Wildman–Crippen LogP) is 5.55. The number of halogens is 1. The number of benzene rings is 3. The van der Waals surface area contributed by atoms with Gasteiger partial charge in [0.1, 0.15) is 17.7 Å². The first kappa shape index (κ1) is 31.3. The number of fused-ring (bicyclic) bond motifs is 1. The zero-order valence-electron chi connectivity index (χ0n) is 24.7. The van der Waals surface area contributed by atoms with Gasteiger partial charge in [-0.3, -0.25) is 14.5 Å². The standard InChI is InChI=1S/C33H40ClN3O5/c1-5-27-21-36(29(31(39)40)20-23-10-13-24-8-6-7-9-25(24)18-23)16-17-37(27)30(38)28(35-32(41)42-33(2,3)4)19-22-11-14-26(34)15-12-22/h6-15,18,27-29H,5,16-17,19-21H2,1-4H3,(H,35,41)(H,39,40)/t27-,28+,29-/m0/s1. The van der Waals surface area contributed by atoms with Gasteiger partial charge in [0.25, 0.3) is 0 Å². The fourth-order valence-electron chi connectivity index (χ4n) is 5.47. The van der Waals surface area contributed by atoms with E-state index in [0.29, 0.717) is 37.5 Å². The van der Waals surface area contributed by atoms with E-state index in [1.54, 1.807) is 37.8 Å². The molecule has 3 aromatic carbocycles. The lowest BCUT2D eigenvalue weighted by molar-refractivity contribution is -0.146. The molecule has 3 atom stereocenters. The molecular weight excluding hydrogens is 554 g/mol. The van der Waals surface area contributed by atoms with Gasteiger partial charge in [-0.1, -0.05) is 73.1 Å². The molecule has 42 heavy (non-hydrogen) atoms. The maximum Gasteiger partial charge on any atom is 0.408 e. The molecule has 2 amide bonds. The number of aliphatic carboxylic acids is 1. The lowest BCUT2D eigenvalue weighted by atomic mass is 9.98. The molecule has 1 saturated heterocycles. The zero-order valence-corrected chi connectivity index (χ0v) is 25.4. The van der Waals surface area contributed by atoms with E-state index in [9.17, 15) is 19.5 Å². The van der Waals surface area contributed by atoms with Crippen molar-refractivity contribution in [3.8, 4) is 0 Å². The minimum absolute atomic E-state index is 0.210. The first-order valence-electron chi connectivity index (χ1n) is 14.4. The largest absolute Gasteiger partial charge is 0.480 e. The molecule has 1 heterocycles. The Morgan fingerprint density at radius 2 is 1.64 bits per heavy atom. The second-order valence-corrected chi connectivity index (χ2v) is 12.3. The first-order valence-corrected chi connectivity index (χ1v) is 14.8. The molecule has 0 spiro atoms. The Balaban J connectivity index is 1.50. The summed E-state index contributed by atoms with van der Waals surface area (Å²) >= 11 is 6.05. The van der Waals surface area contributed by atoms with Gasteiger partial charge < -0.3 is 20.1 Å². The highest BCUT2D eigenvalue weighted by molar-refractivity contribution is 6.30. The number of alkyl carbamates (subject to hydrolysis) is 1. The highest BCUT2D eigenvalue weighted by Gasteiger charge is 2.38. The molecule has 0 bridgehead atoms. The summed E-state index contributed by atoms with van der Waals surface area (Å²) in [4.78, 5) is 42.9. The van der Waals surface area contributed by atoms with Gasteiger partial charge in [0.05, 0.1) is 0 Å². The normalized spacial score (nSPS) is 17.5. The number of rotatable bonds is 9. The molecule has 224 valence electrons. The van der Waals surface area contributed by atoms with Gasteiger partial charge in [-0.05, 0) is 67.6 Å². The third-order valence-corrected chi connectivity index (χ3v) is 7.83. The van der Waals surface area contributed by atoms with Gasteiger partial charge in [-0.2, -0.15) is 0 Å². The van der Waals surface area contributed by atoms with Crippen LogP contribution in [0.25, 0.3) is 10.8 Å². The van der Waals surface area contributed by atoms with Gasteiger partial charge in [-0.25, -0.2) is 4.79 Å². The van der Waals surface area contributed by atoms with Crippen LogP contribution in [-0.2, 0) is 27.2 Å². The molecular formula is C33H40ClN3O5. The van der Waals surface area contributed by atoms with E-state index in [-0.39, 0.29) is 18.4 Å². The maximum atomic E-state index is 14.0. The second kappa shape index (κ2) is 13.6. The second-order valence-electron chi connectivity index (χ2n) is 11.9. The molecule has 0 radical (unpaired) electrons. The highest BCUT2D eigenvalue weighted by atomic mass is 35.5. The minimum atomic E-state index is -0.884. The van der Waals surface area contributed by atoms with Gasteiger partial charge in [-0.15, -0.1) is 0 Å². The van der Waals surface area contributed by atoms with Crippen molar-refractivity contribution in [1.82, 2.24) is 15.1 Å². The van der Waals surface area contributed by atoms with Gasteiger partial charge in [0.15, 0.2) is 0 Å². The third kappa shape index (κ3) is 8.23. The van der Waals surface area contributed by atoms with Crippen LogP contribution in [-0.4, -0.2) is 76.2 Å². The number of ether oxygens (including phenoxy) is 1. The van der Waals surface area contributed by atoms with E-state index in [2.05, 4.69) is 5.32 Å². The molecule has 4 rings (SSSR count). The minimum Gasteiger partial charge on any atom is -0.480 e. The van der Waals surface area contributed by atoms with Gasteiger partial charge in [0, 0.05) is 37.1 Å². The van der Waals surface area contributed by atoms with Crippen LogP contribution in [0.2, 0.25) is 5.02 Å². The van der Waals surface area contributed by atoms with Crippen molar-refractivity contribution in [2.24, 2.45) is 0 Å². The summed E-state index contributed by atoms with van der Waals surface area (Å²) in [5.41, 5.74) is 1.09. The molecule has 0 unspecified atom stereocenters. The van der Waals surface area contributed by atoms with E-state index < -0.39 is 29.7 Å². The van der Waals surface area contributed by atoms with Crippen LogP contribution in [0.15, 0.2) is 66.7 Å². The number of nitrogens with one attached hydrogen (secondary N) is 1. The molecule has 0 aliphatic carbocycles. The van der Waals surface area contributed by atoms with E-state index >= 15 is 0 Å². The van der Waals surface area contributed by atoms with Crippen molar-refractivity contribution in [3.63, 3.8) is 0 Å².